The maximum atomic E-state index is 11.5. The quantitative estimate of drug-likeness (QED) is 0.875. The van der Waals surface area contributed by atoms with E-state index in [1.165, 1.54) is 5.56 Å². The highest BCUT2D eigenvalue weighted by Gasteiger charge is 2.40. The summed E-state index contributed by atoms with van der Waals surface area (Å²) in [5.74, 6) is 1.82. The number of nitrogens with one attached hydrogen (secondary N) is 1. The summed E-state index contributed by atoms with van der Waals surface area (Å²) in [5.41, 5.74) is 1.49. The molecule has 1 amide bonds. The van der Waals surface area contributed by atoms with Crippen molar-refractivity contribution in [3.63, 3.8) is 0 Å². The van der Waals surface area contributed by atoms with E-state index in [2.05, 4.69) is 22.3 Å². The third kappa shape index (κ3) is 4.02. The van der Waals surface area contributed by atoms with Crippen molar-refractivity contribution >= 4 is 17.5 Å². The number of hydrogen-bond donors (Lipinski definition) is 1. The van der Waals surface area contributed by atoms with Crippen LogP contribution in [0.25, 0.3) is 0 Å². The van der Waals surface area contributed by atoms with Crippen LogP contribution in [-0.2, 0) is 11.3 Å². The summed E-state index contributed by atoms with van der Waals surface area (Å²) in [7, 11) is 0. The van der Waals surface area contributed by atoms with Gasteiger partial charge in [-0.1, -0.05) is 23.7 Å². The van der Waals surface area contributed by atoms with E-state index >= 15 is 0 Å². The molecule has 0 aliphatic carbocycles. The second-order valence-corrected chi connectivity index (χ2v) is 7.87. The van der Waals surface area contributed by atoms with Crippen molar-refractivity contribution in [2.24, 2.45) is 5.41 Å². The molecule has 0 aromatic heterocycles. The molecule has 26 heavy (non-hydrogen) atoms. The van der Waals surface area contributed by atoms with Crippen LogP contribution in [-0.4, -0.2) is 30.4 Å². The Morgan fingerprint density at radius 1 is 1.00 bits per heavy atom. The number of likely N-dealkylation sites (tertiary alicyclic amines) is 1. The molecule has 0 radical (unpaired) electrons. The fraction of sp³-hybridized carbons (Fsp3) is 0.381. The van der Waals surface area contributed by atoms with Crippen LogP contribution in [0.3, 0.4) is 0 Å². The molecule has 0 unspecified atom stereocenters. The highest BCUT2D eigenvalue weighted by atomic mass is 35.5. The molecule has 0 atom stereocenters. The molecule has 136 valence electrons. The number of benzene rings is 2. The van der Waals surface area contributed by atoms with E-state index in [-0.39, 0.29) is 11.3 Å². The third-order valence-corrected chi connectivity index (χ3v) is 5.74. The first-order valence-corrected chi connectivity index (χ1v) is 9.50. The van der Waals surface area contributed by atoms with Crippen LogP contribution in [0.1, 0.15) is 24.8 Å². The van der Waals surface area contributed by atoms with Crippen molar-refractivity contribution in [1.29, 1.82) is 0 Å². The van der Waals surface area contributed by atoms with Gasteiger partial charge in [-0.2, -0.15) is 0 Å². The highest BCUT2D eigenvalue weighted by Crippen LogP contribution is 2.37. The smallest absolute Gasteiger partial charge is 0.220 e. The molecule has 4 nitrogen and oxygen atoms in total. The van der Waals surface area contributed by atoms with Gasteiger partial charge in [0.2, 0.25) is 5.91 Å². The fourth-order valence-corrected chi connectivity index (χ4v) is 3.98. The Bertz CT molecular complexity index is 766. The van der Waals surface area contributed by atoms with Crippen molar-refractivity contribution in [1.82, 2.24) is 10.2 Å². The molecule has 2 heterocycles. The maximum absolute atomic E-state index is 11.5. The van der Waals surface area contributed by atoms with E-state index in [4.69, 9.17) is 16.3 Å². The number of ether oxygens (including phenoxy) is 1. The van der Waals surface area contributed by atoms with Crippen LogP contribution in [0.5, 0.6) is 11.5 Å². The number of hydrogen-bond acceptors (Lipinski definition) is 3. The molecular weight excluding hydrogens is 348 g/mol. The number of nitrogens with zero attached hydrogens (tertiary/aromatic N) is 1. The number of piperidine rings is 1. The minimum absolute atomic E-state index is 0.212. The Kier molecular flexibility index (Phi) is 4.88. The van der Waals surface area contributed by atoms with Gasteiger partial charge in [0.25, 0.3) is 0 Å². The van der Waals surface area contributed by atoms with Gasteiger partial charge >= 0.3 is 0 Å². The Morgan fingerprint density at radius 3 is 2.19 bits per heavy atom. The standard InChI is InChI=1S/C21H23ClN2O2/c22-17-3-7-19(8-4-17)26-18-5-1-16(2-6-18)14-24-11-9-21(10-12-24)13-20(25)23-15-21/h1-8H,9-15H2,(H,23,25). The predicted octanol–water partition coefficient (Wildman–Crippen LogP) is 4.23. The lowest BCUT2D eigenvalue weighted by Crippen LogP contribution is -2.40. The third-order valence-electron chi connectivity index (χ3n) is 5.49. The highest BCUT2D eigenvalue weighted by molar-refractivity contribution is 6.30. The molecular formula is C21H23ClN2O2. The summed E-state index contributed by atoms with van der Waals surface area (Å²) >= 11 is 5.89. The monoisotopic (exact) mass is 370 g/mol. The first-order valence-electron chi connectivity index (χ1n) is 9.12. The summed E-state index contributed by atoms with van der Waals surface area (Å²) in [6, 6.07) is 15.6. The van der Waals surface area contributed by atoms with Gasteiger partial charge in [0.15, 0.2) is 0 Å². The van der Waals surface area contributed by atoms with Gasteiger partial charge in [-0.25, -0.2) is 0 Å². The molecule has 2 aliphatic rings. The lowest BCUT2D eigenvalue weighted by molar-refractivity contribution is -0.119. The van der Waals surface area contributed by atoms with Gasteiger partial charge in [-0.05, 0) is 73.3 Å². The Balaban J connectivity index is 1.30. The predicted molar refractivity (Wildman–Crippen MR) is 103 cm³/mol. The van der Waals surface area contributed by atoms with Gasteiger partial charge in [0.05, 0.1) is 0 Å². The van der Waals surface area contributed by atoms with Crippen molar-refractivity contribution in [3.8, 4) is 11.5 Å². The van der Waals surface area contributed by atoms with E-state index in [9.17, 15) is 4.79 Å². The summed E-state index contributed by atoms with van der Waals surface area (Å²) < 4.78 is 5.84. The Hall–Kier alpha value is -2.04. The second-order valence-electron chi connectivity index (χ2n) is 7.43. The van der Waals surface area contributed by atoms with Crippen molar-refractivity contribution in [2.75, 3.05) is 19.6 Å². The molecule has 2 aromatic rings. The van der Waals surface area contributed by atoms with Gasteiger partial charge in [0.1, 0.15) is 11.5 Å². The van der Waals surface area contributed by atoms with Gasteiger partial charge in [-0.3, -0.25) is 9.69 Å². The van der Waals surface area contributed by atoms with Gasteiger partial charge < -0.3 is 10.1 Å². The fourth-order valence-electron chi connectivity index (χ4n) is 3.85. The molecule has 2 aromatic carbocycles. The van der Waals surface area contributed by atoms with E-state index in [1.807, 2.05) is 36.4 Å². The summed E-state index contributed by atoms with van der Waals surface area (Å²) in [6.45, 7) is 3.91. The average molecular weight is 371 g/mol. The van der Waals surface area contributed by atoms with Crippen LogP contribution < -0.4 is 10.1 Å². The summed E-state index contributed by atoms with van der Waals surface area (Å²) in [4.78, 5) is 14.0. The van der Waals surface area contributed by atoms with Crippen molar-refractivity contribution in [3.05, 3.63) is 59.1 Å². The second kappa shape index (κ2) is 7.29. The summed E-state index contributed by atoms with van der Waals surface area (Å²) in [6.07, 6.45) is 2.91. The number of carbonyl (C=O) groups excluding carboxylic acids is 1. The molecule has 1 spiro atoms. The van der Waals surface area contributed by atoms with Crippen LogP contribution in [0.4, 0.5) is 0 Å². The van der Waals surface area contributed by atoms with Gasteiger partial charge in [0, 0.05) is 24.5 Å². The first kappa shape index (κ1) is 17.4. The lowest BCUT2D eigenvalue weighted by Gasteiger charge is -2.38. The van der Waals surface area contributed by atoms with Crippen molar-refractivity contribution in [2.45, 2.75) is 25.8 Å². The van der Waals surface area contributed by atoms with Crippen LogP contribution in [0, 0.1) is 5.41 Å². The Morgan fingerprint density at radius 2 is 1.62 bits per heavy atom. The molecule has 2 fully saturated rings. The molecule has 2 saturated heterocycles. The van der Waals surface area contributed by atoms with Crippen LogP contribution in [0.15, 0.2) is 48.5 Å². The van der Waals surface area contributed by atoms with E-state index in [1.54, 1.807) is 0 Å². The minimum Gasteiger partial charge on any atom is -0.457 e. The molecule has 2 aliphatic heterocycles. The average Bonchev–Trinajstić information content (AvgIpc) is 3.01. The SMILES string of the molecule is O=C1CC2(CCN(Cc3ccc(Oc4ccc(Cl)cc4)cc3)CC2)CN1. The number of halogens is 1. The molecule has 4 rings (SSSR count). The van der Waals surface area contributed by atoms with E-state index in [0.717, 1.165) is 50.5 Å². The van der Waals surface area contributed by atoms with Crippen LogP contribution >= 0.6 is 11.6 Å². The molecule has 1 N–H and O–H groups in total. The first-order chi connectivity index (χ1) is 12.6. The topological polar surface area (TPSA) is 41.6 Å². The normalized spacial score (nSPS) is 19.5. The zero-order valence-corrected chi connectivity index (χ0v) is 15.5. The zero-order chi connectivity index (χ0) is 18.0. The largest absolute Gasteiger partial charge is 0.457 e. The number of amides is 1. The number of rotatable bonds is 4. The van der Waals surface area contributed by atoms with Crippen molar-refractivity contribution < 1.29 is 9.53 Å². The van der Waals surface area contributed by atoms with Gasteiger partial charge in [-0.15, -0.1) is 0 Å². The summed E-state index contributed by atoms with van der Waals surface area (Å²) in [5, 5.41) is 3.70. The molecule has 5 heteroatoms. The maximum Gasteiger partial charge on any atom is 0.220 e. The number of carbonyl (C=O) groups is 1. The minimum atomic E-state index is 0.212. The zero-order valence-electron chi connectivity index (χ0n) is 14.7. The lowest BCUT2D eigenvalue weighted by atomic mass is 9.77. The van der Waals surface area contributed by atoms with E-state index in [0.29, 0.717) is 11.4 Å². The molecule has 0 saturated carbocycles. The molecule has 0 bridgehead atoms. The van der Waals surface area contributed by atoms with Crippen LogP contribution in [0.2, 0.25) is 5.02 Å². The Labute approximate surface area is 159 Å². The van der Waals surface area contributed by atoms with E-state index < -0.39 is 0 Å².